The molecule has 0 unspecified atom stereocenters. The fourth-order valence-electron chi connectivity index (χ4n) is 3.71. The molecule has 1 aromatic carbocycles. The van der Waals surface area contributed by atoms with Crippen LogP contribution in [-0.2, 0) is 11.2 Å². The number of carbonyl (C=O) groups excluding carboxylic acids is 2. The highest BCUT2D eigenvalue weighted by Gasteiger charge is 2.17. The summed E-state index contributed by atoms with van der Waals surface area (Å²) in [5.74, 6) is 0.450. The topological polar surface area (TPSA) is 84.0 Å². The van der Waals surface area contributed by atoms with Gasteiger partial charge < -0.3 is 10.6 Å². The first kappa shape index (κ1) is 19.4. The molecule has 0 atom stereocenters. The number of carbonyl (C=O) groups is 2. The van der Waals surface area contributed by atoms with Crippen LogP contribution in [0.25, 0.3) is 0 Å². The normalized spacial score (nSPS) is 17.5. The Bertz CT molecular complexity index is 862. The fourth-order valence-corrected chi connectivity index (χ4v) is 5.43. The molecule has 2 aliphatic rings. The molecule has 1 aromatic heterocycles. The molecule has 28 heavy (non-hydrogen) atoms. The van der Waals surface area contributed by atoms with E-state index in [9.17, 15) is 9.59 Å². The molecule has 0 bridgehead atoms. The molecule has 2 N–H and O–H groups in total. The van der Waals surface area contributed by atoms with Crippen molar-refractivity contribution in [3.63, 3.8) is 0 Å². The molecule has 1 saturated carbocycles. The molecule has 2 heterocycles. The van der Waals surface area contributed by atoms with E-state index in [1.807, 2.05) is 12.1 Å². The Kier molecular flexibility index (Phi) is 6.26. The number of amides is 1. The van der Waals surface area contributed by atoms with Gasteiger partial charge in [0.05, 0.1) is 5.75 Å². The van der Waals surface area contributed by atoms with Gasteiger partial charge in [-0.05, 0) is 49.4 Å². The lowest BCUT2D eigenvalue weighted by Crippen LogP contribution is -2.21. The second-order valence-corrected chi connectivity index (χ2v) is 9.54. The van der Waals surface area contributed by atoms with E-state index in [1.165, 1.54) is 55.2 Å². The monoisotopic (exact) mass is 416 g/mol. The van der Waals surface area contributed by atoms with Crippen molar-refractivity contribution in [2.24, 2.45) is 0 Å². The molecule has 0 radical (unpaired) electrons. The highest BCUT2D eigenvalue weighted by Crippen LogP contribution is 2.29. The predicted octanol–water partition coefficient (Wildman–Crippen LogP) is 4.53. The first-order valence-corrected chi connectivity index (χ1v) is 11.7. The maximum atomic E-state index is 12.6. The third kappa shape index (κ3) is 4.91. The van der Waals surface area contributed by atoms with Crippen LogP contribution < -0.4 is 10.6 Å². The number of anilines is 2. The van der Waals surface area contributed by atoms with Gasteiger partial charge in [-0.15, -0.1) is 10.2 Å². The lowest BCUT2D eigenvalue weighted by molar-refractivity contribution is -0.116. The van der Waals surface area contributed by atoms with Crippen LogP contribution in [0.3, 0.4) is 0 Å². The van der Waals surface area contributed by atoms with Gasteiger partial charge in [0.1, 0.15) is 0 Å². The summed E-state index contributed by atoms with van der Waals surface area (Å²) >= 11 is 2.95. The zero-order valence-electron chi connectivity index (χ0n) is 15.7. The van der Waals surface area contributed by atoms with Crippen LogP contribution in [0.4, 0.5) is 10.8 Å². The maximum absolute atomic E-state index is 12.6. The molecule has 1 aliphatic heterocycles. The number of benzene rings is 1. The second-order valence-electron chi connectivity index (χ2n) is 7.34. The van der Waals surface area contributed by atoms with E-state index in [2.05, 4.69) is 20.8 Å². The van der Waals surface area contributed by atoms with Crippen LogP contribution in [0.15, 0.2) is 22.5 Å². The predicted molar refractivity (Wildman–Crippen MR) is 113 cm³/mol. The summed E-state index contributed by atoms with van der Waals surface area (Å²) in [7, 11) is 0. The molecule has 1 fully saturated rings. The van der Waals surface area contributed by atoms with Gasteiger partial charge in [-0.3, -0.25) is 9.59 Å². The first-order valence-electron chi connectivity index (χ1n) is 9.86. The highest BCUT2D eigenvalue weighted by molar-refractivity contribution is 8.01. The van der Waals surface area contributed by atoms with Gasteiger partial charge >= 0.3 is 0 Å². The molecule has 0 saturated heterocycles. The number of aromatic nitrogens is 2. The Morgan fingerprint density at radius 3 is 2.89 bits per heavy atom. The van der Waals surface area contributed by atoms with Gasteiger partial charge in [0.25, 0.3) is 0 Å². The van der Waals surface area contributed by atoms with Crippen LogP contribution >= 0.6 is 23.1 Å². The third-order valence-electron chi connectivity index (χ3n) is 5.22. The minimum absolute atomic E-state index is 0.0438. The van der Waals surface area contributed by atoms with Crippen molar-refractivity contribution >= 4 is 45.6 Å². The van der Waals surface area contributed by atoms with Crippen molar-refractivity contribution in [1.29, 1.82) is 0 Å². The van der Waals surface area contributed by atoms with Gasteiger partial charge in [0.2, 0.25) is 11.0 Å². The van der Waals surface area contributed by atoms with Crippen LogP contribution in [0, 0.1) is 0 Å². The van der Waals surface area contributed by atoms with Crippen molar-refractivity contribution in [1.82, 2.24) is 10.2 Å². The summed E-state index contributed by atoms with van der Waals surface area (Å²) < 4.78 is 0.814. The molecular formula is C20H24N4O2S2. The first-order chi connectivity index (χ1) is 13.7. The van der Waals surface area contributed by atoms with E-state index in [1.54, 1.807) is 6.07 Å². The standard InChI is InChI=1S/C20H24N4O2S2/c25-17(14-9-10-16-13(11-14)5-4-8-18(26)22-16)12-27-20-24-23-19(28-20)21-15-6-2-1-3-7-15/h9-11,15H,1-8,12H2,(H,21,23)(H,22,26). The molecular weight excluding hydrogens is 392 g/mol. The number of hydrogen-bond acceptors (Lipinski definition) is 7. The molecule has 2 aromatic rings. The molecule has 6 nitrogen and oxygen atoms in total. The molecule has 1 amide bonds. The molecule has 4 rings (SSSR count). The van der Waals surface area contributed by atoms with Gasteiger partial charge in [-0.25, -0.2) is 0 Å². The number of hydrogen-bond donors (Lipinski definition) is 2. The number of fused-ring (bicyclic) bond motifs is 1. The Morgan fingerprint density at radius 2 is 2.04 bits per heavy atom. The summed E-state index contributed by atoms with van der Waals surface area (Å²) in [5.41, 5.74) is 2.55. The van der Waals surface area contributed by atoms with E-state index in [-0.39, 0.29) is 11.7 Å². The average Bonchev–Trinajstić information content (AvgIpc) is 3.06. The lowest BCUT2D eigenvalue weighted by Gasteiger charge is -2.21. The van der Waals surface area contributed by atoms with E-state index in [4.69, 9.17) is 0 Å². The number of ketones is 1. The van der Waals surface area contributed by atoms with E-state index < -0.39 is 0 Å². The Balaban J connectivity index is 1.33. The van der Waals surface area contributed by atoms with Gasteiger partial charge in [-0.1, -0.05) is 42.4 Å². The zero-order chi connectivity index (χ0) is 19.3. The SMILES string of the molecule is O=C1CCCc2cc(C(=O)CSc3nnc(NC4CCCCC4)s3)ccc2N1. The van der Waals surface area contributed by atoms with Crippen LogP contribution in [0.1, 0.15) is 60.9 Å². The van der Waals surface area contributed by atoms with Crippen molar-refractivity contribution in [2.75, 3.05) is 16.4 Å². The van der Waals surface area contributed by atoms with Crippen molar-refractivity contribution in [3.8, 4) is 0 Å². The molecule has 0 spiro atoms. The lowest BCUT2D eigenvalue weighted by atomic mass is 9.96. The second kappa shape index (κ2) is 9.05. The molecule has 1 aliphatic carbocycles. The quantitative estimate of drug-likeness (QED) is 0.532. The minimum Gasteiger partial charge on any atom is -0.357 e. The average molecular weight is 417 g/mol. The Hall–Kier alpha value is -1.93. The number of thioether (sulfide) groups is 1. The van der Waals surface area contributed by atoms with Crippen LogP contribution in [0.2, 0.25) is 0 Å². The number of aryl methyl sites for hydroxylation is 1. The number of Topliss-reactive ketones (excluding diaryl/α,β-unsaturated/α-hetero) is 1. The van der Waals surface area contributed by atoms with E-state index in [0.29, 0.717) is 23.8 Å². The Labute approximate surface area is 172 Å². The third-order valence-corrected chi connectivity index (χ3v) is 7.21. The zero-order valence-corrected chi connectivity index (χ0v) is 17.3. The number of rotatable bonds is 6. The van der Waals surface area contributed by atoms with Gasteiger partial charge in [-0.2, -0.15) is 0 Å². The summed E-state index contributed by atoms with van der Waals surface area (Å²) in [6.45, 7) is 0. The summed E-state index contributed by atoms with van der Waals surface area (Å²) in [5, 5.41) is 15.7. The van der Waals surface area contributed by atoms with Crippen molar-refractivity contribution < 1.29 is 9.59 Å². The maximum Gasteiger partial charge on any atom is 0.224 e. The molecule has 8 heteroatoms. The van der Waals surface area contributed by atoms with Crippen molar-refractivity contribution in [3.05, 3.63) is 29.3 Å². The number of nitrogens with one attached hydrogen (secondary N) is 2. The fraction of sp³-hybridized carbons (Fsp3) is 0.500. The smallest absolute Gasteiger partial charge is 0.224 e. The summed E-state index contributed by atoms with van der Waals surface area (Å²) in [6, 6.07) is 6.05. The molecule has 148 valence electrons. The summed E-state index contributed by atoms with van der Waals surface area (Å²) in [6.07, 6.45) is 8.42. The van der Waals surface area contributed by atoms with Crippen molar-refractivity contribution in [2.45, 2.75) is 61.7 Å². The van der Waals surface area contributed by atoms with Gasteiger partial charge in [0.15, 0.2) is 10.1 Å². The Morgan fingerprint density at radius 1 is 1.18 bits per heavy atom. The minimum atomic E-state index is 0.0438. The van der Waals surface area contributed by atoms with Crippen LogP contribution in [0.5, 0.6) is 0 Å². The largest absolute Gasteiger partial charge is 0.357 e. The van der Waals surface area contributed by atoms with Gasteiger partial charge in [0, 0.05) is 23.7 Å². The highest BCUT2D eigenvalue weighted by atomic mass is 32.2. The van der Waals surface area contributed by atoms with E-state index in [0.717, 1.165) is 33.6 Å². The number of nitrogens with zero attached hydrogens (tertiary/aromatic N) is 2. The van der Waals surface area contributed by atoms with E-state index >= 15 is 0 Å². The summed E-state index contributed by atoms with van der Waals surface area (Å²) in [4.78, 5) is 24.3. The van der Waals surface area contributed by atoms with Crippen LogP contribution in [-0.4, -0.2) is 33.7 Å².